The number of hydrogen-bond donors (Lipinski definition) is 3. The molecule has 30 heavy (non-hydrogen) atoms. The van der Waals surface area contributed by atoms with E-state index in [9.17, 15) is 0 Å². The fraction of sp³-hybridized carbons (Fsp3) is 0.364. The molecule has 158 valence electrons. The zero-order chi connectivity index (χ0) is 21.7. The van der Waals surface area contributed by atoms with Crippen molar-refractivity contribution in [3.05, 3.63) is 46.2 Å². The molecule has 3 heterocycles. The summed E-state index contributed by atoms with van der Waals surface area (Å²) in [5, 5.41) is 18.4. The molecule has 0 aliphatic heterocycles. The highest BCUT2D eigenvalue weighted by molar-refractivity contribution is 7.09. The Morgan fingerprint density at radius 3 is 2.73 bits per heavy atom. The molecule has 0 aliphatic rings. The van der Waals surface area contributed by atoms with Gasteiger partial charge in [-0.25, -0.2) is 15.0 Å². The fourth-order valence-corrected chi connectivity index (χ4v) is 3.65. The van der Waals surface area contributed by atoms with Gasteiger partial charge in [-0.2, -0.15) is 0 Å². The van der Waals surface area contributed by atoms with Gasteiger partial charge < -0.3 is 20.8 Å². The number of ether oxygens (including phenoxy) is 1. The van der Waals surface area contributed by atoms with E-state index in [1.165, 1.54) is 0 Å². The number of hydrogen-bond acceptors (Lipinski definition) is 8. The molecule has 0 aliphatic carbocycles. The van der Waals surface area contributed by atoms with E-state index in [0.29, 0.717) is 36.1 Å². The Morgan fingerprint density at radius 1 is 1.30 bits per heavy atom. The van der Waals surface area contributed by atoms with Gasteiger partial charge in [0, 0.05) is 17.6 Å². The third-order valence-electron chi connectivity index (χ3n) is 4.26. The van der Waals surface area contributed by atoms with Crippen LogP contribution in [-0.4, -0.2) is 33.3 Å². The van der Waals surface area contributed by atoms with Crippen LogP contribution >= 0.6 is 11.3 Å². The predicted octanol–water partition coefficient (Wildman–Crippen LogP) is 5.13. The number of rotatable bonds is 9. The summed E-state index contributed by atoms with van der Waals surface area (Å²) in [6, 6.07) is 5.97. The van der Waals surface area contributed by atoms with Crippen LogP contribution in [0.15, 0.2) is 29.8 Å². The van der Waals surface area contributed by atoms with Crippen LogP contribution in [0.4, 0.5) is 11.4 Å². The Hall–Kier alpha value is -3.00. The Kier molecular flexibility index (Phi) is 6.99. The maximum absolute atomic E-state index is 8.32. The van der Waals surface area contributed by atoms with Gasteiger partial charge in [0.2, 0.25) is 5.88 Å². The largest absolute Gasteiger partial charge is 0.477 e. The highest BCUT2D eigenvalue weighted by Crippen LogP contribution is 2.34. The van der Waals surface area contributed by atoms with Crippen molar-refractivity contribution in [2.24, 2.45) is 0 Å². The molecule has 0 bridgehead atoms. The summed E-state index contributed by atoms with van der Waals surface area (Å²) in [5.74, 6) is 0.534. The Morgan fingerprint density at radius 2 is 2.10 bits per heavy atom. The standard InChI is InChI=1S/C22H28N6OS/c1-6-29-22-17(8-7-9-24-22)18-10-19(25-11-16-12-30-15(5)27-16)21(26-13(2)3)20(28-18)14(4)23/h7-10,12-13,23,26H,6,11H2,1-5H3,(H,25,28). The predicted molar refractivity (Wildman–Crippen MR) is 124 cm³/mol. The first-order valence-corrected chi connectivity index (χ1v) is 10.9. The summed E-state index contributed by atoms with van der Waals surface area (Å²) < 4.78 is 5.71. The number of aromatic nitrogens is 3. The van der Waals surface area contributed by atoms with E-state index in [1.807, 2.05) is 32.0 Å². The maximum atomic E-state index is 8.32. The average molecular weight is 425 g/mol. The van der Waals surface area contributed by atoms with Gasteiger partial charge in [0.05, 0.1) is 52.2 Å². The van der Waals surface area contributed by atoms with Crippen LogP contribution in [0.2, 0.25) is 0 Å². The van der Waals surface area contributed by atoms with Gasteiger partial charge in [0.1, 0.15) is 5.69 Å². The second-order valence-corrected chi connectivity index (χ2v) is 8.27. The summed E-state index contributed by atoms with van der Waals surface area (Å²) in [6.07, 6.45) is 1.70. The van der Waals surface area contributed by atoms with Gasteiger partial charge in [-0.05, 0) is 52.8 Å². The molecule has 0 saturated heterocycles. The normalized spacial score (nSPS) is 10.9. The van der Waals surface area contributed by atoms with Crippen LogP contribution in [0.25, 0.3) is 11.3 Å². The zero-order valence-electron chi connectivity index (χ0n) is 18.0. The summed E-state index contributed by atoms with van der Waals surface area (Å²) in [5.41, 5.74) is 5.15. The third kappa shape index (κ3) is 5.13. The van der Waals surface area contributed by atoms with Crippen molar-refractivity contribution in [2.45, 2.75) is 47.2 Å². The number of thiazole rings is 1. The lowest BCUT2D eigenvalue weighted by Crippen LogP contribution is -2.17. The van der Waals surface area contributed by atoms with E-state index in [2.05, 4.69) is 39.8 Å². The van der Waals surface area contributed by atoms with E-state index in [-0.39, 0.29) is 6.04 Å². The second kappa shape index (κ2) is 9.67. The van der Waals surface area contributed by atoms with Crippen molar-refractivity contribution in [2.75, 3.05) is 17.2 Å². The molecule has 0 spiro atoms. The topological polar surface area (TPSA) is 95.8 Å². The van der Waals surface area contributed by atoms with Gasteiger partial charge in [0.15, 0.2) is 0 Å². The van der Waals surface area contributed by atoms with E-state index >= 15 is 0 Å². The average Bonchev–Trinajstić information content (AvgIpc) is 3.12. The third-order valence-corrected chi connectivity index (χ3v) is 5.08. The van der Waals surface area contributed by atoms with Crippen LogP contribution < -0.4 is 15.4 Å². The van der Waals surface area contributed by atoms with Crippen LogP contribution in [-0.2, 0) is 6.54 Å². The van der Waals surface area contributed by atoms with Gasteiger partial charge in [0.25, 0.3) is 0 Å². The Bertz CT molecular complexity index is 1030. The zero-order valence-corrected chi connectivity index (χ0v) is 18.9. The summed E-state index contributed by atoms with van der Waals surface area (Å²) >= 11 is 1.63. The molecule has 0 amide bonds. The molecular weight excluding hydrogens is 396 g/mol. The number of pyridine rings is 2. The van der Waals surface area contributed by atoms with Crippen molar-refractivity contribution in [3.63, 3.8) is 0 Å². The molecule has 3 aromatic rings. The van der Waals surface area contributed by atoms with E-state index in [4.69, 9.17) is 15.1 Å². The first-order chi connectivity index (χ1) is 14.4. The molecule has 0 atom stereocenters. The molecule has 7 nitrogen and oxygen atoms in total. The minimum Gasteiger partial charge on any atom is -0.477 e. The van der Waals surface area contributed by atoms with Crippen LogP contribution in [0.5, 0.6) is 5.88 Å². The maximum Gasteiger partial charge on any atom is 0.222 e. The second-order valence-electron chi connectivity index (χ2n) is 7.20. The van der Waals surface area contributed by atoms with Crippen molar-refractivity contribution in [1.82, 2.24) is 15.0 Å². The van der Waals surface area contributed by atoms with E-state index in [1.54, 1.807) is 24.5 Å². The number of nitrogens with zero attached hydrogens (tertiary/aromatic N) is 3. The smallest absolute Gasteiger partial charge is 0.222 e. The molecule has 0 radical (unpaired) electrons. The van der Waals surface area contributed by atoms with Crippen molar-refractivity contribution >= 4 is 28.4 Å². The SMILES string of the molecule is CCOc1ncccc1-c1cc(NCc2csc(C)n2)c(NC(C)C)c(C(C)=N)n1. The molecule has 3 aromatic heterocycles. The Balaban J connectivity index is 2.10. The van der Waals surface area contributed by atoms with Crippen molar-refractivity contribution in [1.29, 1.82) is 5.41 Å². The van der Waals surface area contributed by atoms with Gasteiger partial charge in [-0.15, -0.1) is 11.3 Å². The first kappa shape index (κ1) is 21.7. The molecule has 8 heteroatoms. The van der Waals surface area contributed by atoms with Gasteiger partial charge >= 0.3 is 0 Å². The lowest BCUT2D eigenvalue weighted by molar-refractivity contribution is 0.328. The van der Waals surface area contributed by atoms with Crippen molar-refractivity contribution < 1.29 is 4.74 Å². The van der Waals surface area contributed by atoms with Crippen LogP contribution in [0, 0.1) is 12.3 Å². The lowest BCUT2D eigenvalue weighted by atomic mass is 10.1. The summed E-state index contributed by atoms with van der Waals surface area (Å²) in [7, 11) is 0. The van der Waals surface area contributed by atoms with E-state index < -0.39 is 0 Å². The fourth-order valence-electron chi connectivity index (χ4n) is 3.04. The summed E-state index contributed by atoms with van der Waals surface area (Å²) in [6.45, 7) is 10.9. The van der Waals surface area contributed by atoms with E-state index in [0.717, 1.165) is 27.6 Å². The lowest BCUT2D eigenvalue weighted by Gasteiger charge is -2.21. The van der Waals surface area contributed by atoms with Crippen molar-refractivity contribution in [3.8, 4) is 17.1 Å². The first-order valence-electron chi connectivity index (χ1n) is 9.99. The Labute approximate surface area is 181 Å². The number of aryl methyl sites for hydroxylation is 1. The minimum absolute atomic E-state index is 0.190. The summed E-state index contributed by atoms with van der Waals surface area (Å²) in [4.78, 5) is 13.7. The monoisotopic (exact) mass is 424 g/mol. The number of nitrogens with one attached hydrogen (secondary N) is 3. The highest BCUT2D eigenvalue weighted by atomic mass is 32.1. The molecule has 0 unspecified atom stereocenters. The highest BCUT2D eigenvalue weighted by Gasteiger charge is 2.18. The molecule has 0 saturated carbocycles. The van der Waals surface area contributed by atoms with Gasteiger partial charge in [-0.1, -0.05) is 0 Å². The van der Waals surface area contributed by atoms with Crippen LogP contribution in [0.1, 0.15) is 44.1 Å². The molecule has 0 fully saturated rings. The molecule has 3 rings (SSSR count). The molecule has 3 N–H and O–H groups in total. The van der Waals surface area contributed by atoms with Gasteiger partial charge in [-0.3, -0.25) is 0 Å². The van der Waals surface area contributed by atoms with Crippen LogP contribution in [0.3, 0.4) is 0 Å². The minimum atomic E-state index is 0.190. The quantitative estimate of drug-likeness (QED) is 0.412. The molecule has 0 aromatic carbocycles. The number of anilines is 2. The molecular formula is C22H28N6OS.